The molecule has 0 aromatic heterocycles. The van der Waals surface area contributed by atoms with Crippen LogP contribution < -0.4 is 5.73 Å². The Balaban J connectivity index is 2.35. The number of rotatable bonds is 6. The van der Waals surface area contributed by atoms with Gasteiger partial charge in [0.1, 0.15) is 0 Å². The Kier molecular flexibility index (Phi) is 7.09. The second-order valence-corrected chi connectivity index (χ2v) is 5.55. The molecule has 0 aliphatic carbocycles. The van der Waals surface area contributed by atoms with Crippen LogP contribution in [0.1, 0.15) is 40.0 Å². The minimum absolute atomic E-state index is 0.218. The molecule has 1 rings (SSSR count). The van der Waals surface area contributed by atoms with Crippen molar-refractivity contribution in [2.45, 2.75) is 46.1 Å². The van der Waals surface area contributed by atoms with Crippen molar-refractivity contribution in [3.8, 4) is 0 Å². The molecular weight excluding hydrogens is 212 g/mol. The summed E-state index contributed by atoms with van der Waals surface area (Å²) in [6, 6.07) is 0. The number of nitrogens with zero attached hydrogens (tertiary/aromatic N) is 1. The fraction of sp³-hybridized carbons (Fsp3) is 1.00. The maximum absolute atomic E-state index is 5.74. The van der Waals surface area contributed by atoms with E-state index in [-0.39, 0.29) is 6.10 Å². The van der Waals surface area contributed by atoms with Gasteiger partial charge in [-0.1, -0.05) is 13.8 Å². The number of likely N-dealkylation sites (tertiary alicyclic amines) is 1. The summed E-state index contributed by atoms with van der Waals surface area (Å²) in [6.45, 7) is 11.6. The van der Waals surface area contributed by atoms with E-state index in [4.69, 9.17) is 10.5 Å². The maximum atomic E-state index is 5.74. The van der Waals surface area contributed by atoms with Gasteiger partial charge < -0.3 is 15.4 Å². The highest BCUT2D eigenvalue weighted by Gasteiger charge is 2.21. The number of hydrogen-bond donors (Lipinski definition) is 1. The lowest BCUT2D eigenvalue weighted by Gasteiger charge is -2.25. The second kappa shape index (κ2) is 8.06. The average Bonchev–Trinajstić information content (AvgIpc) is 2.54. The van der Waals surface area contributed by atoms with E-state index in [2.05, 4.69) is 18.7 Å². The van der Waals surface area contributed by atoms with Crippen LogP contribution in [0.3, 0.4) is 0 Å². The zero-order chi connectivity index (χ0) is 12.7. The Hall–Kier alpha value is -0.120. The van der Waals surface area contributed by atoms with Crippen molar-refractivity contribution in [1.29, 1.82) is 0 Å². The van der Waals surface area contributed by atoms with Gasteiger partial charge in [-0.05, 0) is 51.1 Å². The Labute approximate surface area is 107 Å². The number of ether oxygens (including phenoxy) is 1. The summed E-state index contributed by atoms with van der Waals surface area (Å²) in [5, 5.41) is 0. The quantitative estimate of drug-likeness (QED) is 0.775. The third kappa shape index (κ3) is 5.36. The molecule has 1 aliphatic heterocycles. The van der Waals surface area contributed by atoms with E-state index in [0.29, 0.717) is 6.54 Å². The highest BCUT2D eigenvalue weighted by Crippen LogP contribution is 2.24. The molecule has 1 saturated heterocycles. The van der Waals surface area contributed by atoms with Gasteiger partial charge in [-0.15, -0.1) is 0 Å². The summed E-state index contributed by atoms with van der Waals surface area (Å²) in [6.07, 6.45) is 4.26. The van der Waals surface area contributed by atoms with Crippen LogP contribution >= 0.6 is 0 Å². The zero-order valence-electron chi connectivity index (χ0n) is 11.8. The van der Waals surface area contributed by atoms with E-state index in [1.54, 1.807) is 0 Å². The first-order valence-electron chi connectivity index (χ1n) is 7.21. The monoisotopic (exact) mass is 242 g/mol. The molecule has 0 aromatic rings. The molecule has 102 valence electrons. The number of nitrogens with two attached hydrogens (primary N) is 1. The summed E-state index contributed by atoms with van der Waals surface area (Å²) < 4.78 is 5.64. The molecule has 2 unspecified atom stereocenters. The molecule has 3 nitrogen and oxygen atoms in total. The molecule has 1 aliphatic rings. The molecule has 3 heteroatoms. The van der Waals surface area contributed by atoms with Gasteiger partial charge in [-0.3, -0.25) is 0 Å². The van der Waals surface area contributed by atoms with Gasteiger partial charge in [-0.25, -0.2) is 0 Å². The first kappa shape index (κ1) is 14.9. The summed E-state index contributed by atoms with van der Waals surface area (Å²) in [7, 11) is 0. The lowest BCUT2D eigenvalue weighted by molar-refractivity contribution is 0.0396. The van der Waals surface area contributed by atoms with Gasteiger partial charge in [-0.2, -0.15) is 0 Å². The average molecular weight is 242 g/mol. The molecule has 2 atom stereocenters. The Morgan fingerprint density at radius 3 is 2.65 bits per heavy atom. The third-order valence-electron chi connectivity index (χ3n) is 3.94. The molecule has 0 saturated carbocycles. The van der Waals surface area contributed by atoms with Crippen molar-refractivity contribution >= 4 is 0 Å². The number of hydrogen-bond acceptors (Lipinski definition) is 3. The SMILES string of the molecule is CCOC(CN)CN1CCCC(C(C)C)CC1. The van der Waals surface area contributed by atoms with Gasteiger partial charge >= 0.3 is 0 Å². The third-order valence-corrected chi connectivity index (χ3v) is 3.94. The molecule has 17 heavy (non-hydrogen) atoms. The maximum Gasteiger partial charge on any atom is 0.0823 e. The topological polar surface area (TPSA) is 38.5 Å². The predicted molar refractivity (Wildman–Crippen MR) is 73.1 cm³/mol. The van der Waals surface area contributed by atoms with E-state index in [1.165, 1.54) is 32.4 Å². The van der Waals surface area contributed by atoms with Crippen LogP contribution in [0.5, 0.6) is 0 Å². The lowest BCUT2D eigenvalue weighted by Crippen LogP contribution is -2.39. The largest absolute Gasteiger partial charge is 0.376 e. The summed E-state index contributed by atoms with van der Waals surface area (Å²) >= 11 is 0. The van der Waals surface area contributed by atoms with Crippen LogP contribution in [0.25, 0.3) is 0 Å². The van der Waals surface area contributed by atoms with Gasteiger partial charge in [0, 0.05) is 19.7 Å². The van der Waals surface area contributed by atoms with Crippen molar-refractivity contribution in [1.82, 2.24) is 4.90 Å². The first-order valence-corrected chi connectivity index (χ1v) is 7.21. The molecule has 1 fully saturated rings. The Morgan fingerprint density at radius 2 is 2.06 bits per heavy atom. The second-order valence-electron chi connectivity index (χ2n) is 5.55. The fourth-order valence-electron chi connectivity index (χ4n) is 2.75. The molecule has 0 radical (unpaired) electrons. The minimum Gasteiger partial charge on any atom is -0.376 e. The molecule has 0 aromatic carbocycles. The highest BCUT2D eigenvalue weighted by atomic mass is 16.5. The predicted octanol–water partition coefficient (Wildman–Crippen LogP) is 2.11. The van der Waals surface area contributed by atoms with Crippen LogP contribution in [-0.4, -0.2) is 43.8 Å². The van der Waals surface area contributed by atoms with E-state index in [0.717, 1.165) is 25.0 Å². The molecule has 0 bridgehead atoms. The van der Waals surface area contributed by atoms with Crippen molar-refractivity contribution in [2.24, 2.45) is 17.6 Å². The van der Waals surface area contributed by atoms with Crippen LogP contribution in [0.2, 0.25) is 0 Å². The summed E-state index contributed by atoms with van der Waals surface area (Å²) in [5.41, 5.74) is 5.74. The fourth-order valence-corrected chi connectivity index (χ4v) is 2.75. The van der Waals surface area contributed by atoms with Crippen molar-refractivity contribution in [3.05, 3.63) is 0 Å². The van der Waals surface area contributed by atoms with E-state index < -0.39 is 0 Å². The molecule has 2 N–H and O–H groups in total. The van der Waals surface area contributed by atoms with E-state index in [1.807, 2.05) is 6.92 Å². The molecule has 1 heterocycles. The lowest BCUT2D eigenvalue weighted by atomic mass is 9.89. The van der Waals surface area contributed by atoms with Gasteiger partial charge in [0.15, 0.2) is 0 Å². The van der Waals surface area contributed by atoms with E-state index >= 15 is 0 Å². The smallest absolute Gasteiger partial charge is 0.0823 e. The van der Waals surface area contributed by atoms with Crippen molar-refractivity contribution < 1.29 is 4.74 Å². The Bertz CT molecular complexity index is 197. The summed E-state index contributed by atoms with van der Waals surface area (Å²) in [5.74, 6) is 1.73. The van der Waals surface area contributed by atoms with Crippen LogP contribution in [0.15, 0.2) is 0 Å². The van der Waals surface area contributed by atoms with Crippen LogP contribution in [0.4, 0.5) is 0 Å². The van der Waals surface area contributed by atoms with Crippen molar-refractivity contribution in [3.63, 3.8) is 0 Å². The molecule has 0 spiro atoms. The molecular formula is C14H30N2O. The van der Waals surface area contributed by atoms with E-state index in [9.17, 15) is 0 Å². The van der Waals surface area contributed by atoms with Gasteiger partial charge in [0.05, 0.1) is 6.10 Å². The standard InChI is InChI=1S/C14H30N2O/c1-4-17-14(10-15)11-16-8-5-6-13(7-9-16)12(2)3/h12-14H,4-11,15H2,1-3H3. The summed E-state index contributed by atoms with van der Waals surface area (Å²) in [4.78, 5) is 2.54. The molecule has 0 amide bonds. The van der Waals surface area contributed by atoms with Gasteiger partial charge in [0.2, 0.25) is 0 Å². The van der Waals surface area contributed by atoms with Crippen molar-refractivity contribution in [2.75, 3.05) is 32.8 Å². The van der Waals surface area contributed by atoms with Crippen LogP contribution in [-0.2, 0) is 4.74 Å². The normalized spacial score (nSPS) is 24.9. The highest BCUT2D eigenvalue weighted by molar-refractivity contribution is 4.74. The zero-order valence-corrected chi connectivity index (χ0v) is 11.8. The minimum atomic E-state index is 0.218. The van der Waals surface area contributed by atoms with Crippen LogP contribution in [0, 0.1) is 11.8 Å². The Morgan fingerprint density at radius 1 is 1.29 bits per heavy atom. The van der Waals surface area contributed by atoms with Gasteiger partial charge in [0.25, 0.3) is 0 Å². The first-order chi connectivity index (χ1) is 8.17.